The second-order valence-corrected chi connectivity index (χ2v) is 4.67. The van der Waals surface area contributed by atoms with Crippen LogP contribution in [0.3, 0.4) is 0 Å². The average molecular weight is 273 g/mol. The summed E-state index contributed by atoms with van der Waals surface area (Å²) in [5.74, 6) is -1.84. The summed E-state index contributed by atoms with van der Waals surface area (Å²) in [5.41, 5.74) is 0. The van der Waals surface area contributed by atoms with Crippen LogP contribution in [-0.2, 0) is 9.59 Å². The van der Waals surface area contributed by atoms with Crippen LogP contribution in [0.15, 0.2) is 0 Å². The third-order valence-corrected chi connectivity index (χ3v) is 2.98. The molecule has 0 heterocycles. The second-order valence-electron chi connectivity index (χ2n) is 4.67. The Hall–Kier alpha value is -1.79. The van der Waals surface area contributed by atoms with Gasteiger partial charge in [-0.15, -0.1) is 0 Å². The van der Waals surface area contributed by atoms with Crippen LogP contribution in [0, 0.1) is 5.92 Å². The van der Waals surface area contributed by atoms with Gasteiger partial charge in [0.15, 0.2) is 0 Å². The SMILES string of the molecule is CCN(CC(=O)N(C)C)C(=O)NC(C)C(C)C(=O)O. The molecule has 0 aliphatic rings. The fourth-order valence-corrected chi connectivity index (χ4v) is 1.26. The van der Waals surface area contributed by atoms with Crippen molar-refractivity contribution in [3.63, 3.8) is 0 Å². The zero-order chi connectivity index (χ0) is 15.2. The van der Waals surface area contributed by atoms with Crippen molar-refractivity contribution in [3.8, 4) is 0 Å². The molecule has 2 N–H and O–H groups in total. The largest absolute Gasteiger partial charge is 0.481 e. The summed E-state index contributed by atoms with van der Waals surface area (Å²) in [6.45, 7) is 5.25. The van der Waals surface area contributed by atoms with Crippen molar-refractivity contribution in [2.75, 3.05) is 27.2 Å². The van der Waals surface area contributed by atoms with Gasteiger partial charge in [0.25, 0.3) is 0 Å². The van der Waals surface area contributed by atoms with Gasteiger partial charge < -0.3 is 20.2 Å². The number of hydrogen-bond acceptors (Lipinski definition) is 3. The first kappa shape index (κ1) is 17.2. The van der Waals surface area contributed by atoms with Gasteiger partial charge in [-0.2, -0.15) is 0 Å². The number of urea groups is 1. The van der Waals surface area contributed by atoms with E-state index in [0.29, 0.717) is 6.54 Å². The predicted octanol–water partition coefficient (Wildman–Crippen LogP) is 0.215. The number of hydrogen-bond donors (Lipinski definition) is 2. The van der Waals surface area contributed by atoms with Gasteiger partial charge in [-0.05, 0) is 20.8 Å². The molecule has 0 bridgehead atoms. The minimum Gasteiger partial charge on any atom is -0.481 e. The maximum absolute atomic E-state index is 11.9. The van der Waals surface area contributed by atoms with Gasteiger partial charge in [0.1, 0.15) is 6.54 Å². The molecule has 0 aliphatic carbocycles. The third-order valence-electron chi connectivity index (χ3n) is 2.98. The molecule has 0 aromatic heterocycles. The van der Waals surface area contributed by atoms with E-state index in [1.165, 1.54) is 16.7 Å². The maximum atomic E-state index is 11.9. The number of rotatable bonds is 6. The van der Waals surface area contributed by atoms with Gasteiger partial charge in [-0.1, -0.05) is 0 Å². The molecule has 0 saturated heterocycles. The fraction of sp³-hybridized carbons (Fsp3) is 0.750. The molecule has 0 fully saturated rings. The Bertz CT molecular complexity index is 344. The van der Waals surface area contributed by atoms with E-state index in [9.17, 15) is 14.4 Å². The number of carbonyl (C=O) groups is 3. The minimum absolute atomic E-state index is 0.0243. The van der Waals surface area contributed by atoms with Gasteiger partial charge >= 0.3 is 12.0 Å². The van der Waals surface area contributed by atoms with Crippen LogP contribution in [-0.4, -0.2) is 66.0 Å². The molecular weight excluding hydrogens is 250 g/mol. The van der Waals surface area contributed by atoms with Crippen LogP contribution >= 0.6 is 0 Å². The number of aliphatic carboxylic acids is 1. The summed E-state index contributed by atoms with van der Waals surface area (Å²) in [4.78, 5) is 37.0. The monoisotopic (exact) mass is 273 g/mol. The molecule has 19 heavy (non-hydrogen) atoms. The summed E-state index contributed by atoms with van der Waals surface area (Å²) in [5, 5.41) is 11.4. The van der Waals surface area contributed by atoms with E-state index < -0.39 is 24.0 Å². The van der Waals surface area contributed by atoms with Gasteiger partial charge in [-0.25, -0.2) is 4.79 Å². The quantitative estimate of drug-likeness (QED) is 0.724. The molecule has 3 amide bonds. The highest BCUT2D eigenvalue weighted by Crippen LogP contribution is 2.03. The molecule has 0 radical (unpaired) electrons. The van der Waals surface area contributed by atoms with E-state index in [4.69, 9.17) is 5.11 Å². The first-order valence-electron chi connectivity index (χ1n) is 6.19. The highest BCUT2D eigenvalue weighted by Gasteiger charge is 2.24. The lowest BCUT2D eigenvalue weighted by atomic mass is 10.0. The molecule has 110 valence electrons. The summed E-state index contributed by atoms with van der Waals surface area (Å²) in [6, 6.07) is -0.938. The van der Waals surface area contributed by atoms with Gasteiger partial charge in [0, 0.05) is 26.7 Å². The number of nitrogens with zero attached hydrogens (tertiary/aromatic N) is 2. The smallest absolute Gasteiger partial charge is 0.318 e. The minimum atomic E-state index is -0.972. The fourth-order valence-electron chi connectivity index (χ4n) is 1.26. The van der Waals surface area contributed by atoms with Gasteiger partial charge in [0.05, 0.1) is 5.92 Å². The zero-order valence-corrected chi connectivity index (χ0v) is 12.1. The van der Waals surface area contributed by atoms with E-state index >= 15 is 0 Å². The Labute approximate surface area is 113 Å². The van der Waals surface area contributed by atoms with Crippen molar-refractivity contribution in [3.05, 3.63) is 0 Å². The first-order chi connectivity index (χ1) is 8.70. The van der Waals surface area contributed by atoms with E-state index in [0.717, 1.165) is 0 Å². The molecule has 2 unspecified atom stereocenters. The first-order valence-corrected chi connectivity index (χ1v) is 6.19. The van der Waals surface area contributed by atoms with Gasteiger partial charge in [0.2, 0.25) is 5.91 Å². The normalized spacial score (nSPS) is 13.3. The molecule has 0 rings (SSSR count). The molecule has 7 nitrogen and oxygen atoms in total. The maximum Gasteiger partial charge on any atom is 0.318 e. The third kappa shape index (κ3) is 5.58. The Balaban J connectivity index is 4.52. The Kier molecular flexibility index (Phi) is 6.89. The number of carboxylic acid groups (broad SMARTS) is 1. The Morgan fingerprint density at radius 3 is 2.11 bits per heavy atom. The molecular formula is C12H23N3O4. The van der Waals surface area contributed by atoms with Crippen LogP contribution in [0.5, 0.6) is 0 Å². The van der Waals surface area contributed by atoms with E-state index in [2.05, 4.69) is 5.32 Å². The Morgan fingerprint density at radius 1 is 1.21 bits per heavy atom. The van der Waals surface area contributed by atoms with Gasteiger partial charge in [-0.3, -0.25) is 9.59 Å². The number of carbonyl (C=O) groups excluding carboxylic acids is 2. The zero-order valence-electron chi connectivity index (χ0n) is 12.1. The highest BCUT2D eigenvalue weighted by molar-refractivity contribution is 5.84. The second kappa shape index (κ2) is 7.60. The molecule has 0 saturated carbocycles. The summed E-state index contributed by atoms with van der Waals surface area (Å²) < 4.78 is 0. The highest BCUT2D eigenvalue weighted by atomic mass is 16.4. The lowest BCUT2D eigenvalue weighted by molar-refractivity contribution is -0.141. The lowest BCUT2D eigenvalue weighted by Crippen LogP contribution is -2.49. The standard InChI is InChI=1S/C12H23N3O4/c1-6-15(7-10(16)14(4)5)12(19)13-9(3)8(2)11(17)18/h8-9H,6-7H2,1-5H3,(H,13,19)(H,17,18). The molecule has 0 aromatic carbocycles. The topological polar surface area (TPSA) is 90.0 Å². The van der Waals surface area contributed by atoms with Crippen molar-refractivity contribution in [2.45, 2.75) is 26.8 Å². The number of nitrogens with one attached hydrogen (secondary N) is 1. The summed E-state index contributed by atoms with van der Waals surface area (Å²) >= 11 is 0. The average Bonchev–Trinajstić information content (AvgIpc) is 2.33. The number of carboxylic acids is 1. The van der Waals surface area contributed by atoms with E-state index in [1.807, 2.05) is 0 Å². The van der Waals surface area contributed by atoms with E-state index in [1.54, 1.807) is 27.9 Å². The summed E-state index contributed by atoms with van der Waals surface area (Å²) in [7, 11) is 3.23. The number of amides is 3. The van der Waals surface area contributed by atoms with Crippen molar-refractivity contribution < 1.29 is 19.5 Å². The van der Waals surface area contributed by atoms with Crippen LogP contribution in [0.25, 0.3) is 0 Å². The van der Waals surface area contributed by atoms with Crippen molar-refractivity contribution in [2.24, 2.45) is 5.92 Å². The number of likely N-dealkylation sites (N-methyl/N-ethyl adjacent to an activating group) is 2. The van der Waals surface area contributed by atoms with Crippen LogP contribution in [0.2, 0.25) is 0 Å². The summed E-state index contributed by atoms with van der Waals surface area (Å²) in [6.07, 6.45) is 0. The van der Waals surface area contributed by atoms with Crippen molar-refractivity contribution >= 4 is 17.9 Å². The molecule has 0 aromatic rings. The molecule has 0 spiro atoms. The van der Waals surface area contributed by atoms with E-state index in [-0.39, 0.29) is 12.5 Å². The van der Waals surface area contributed by atoms with Crippen LogP contribution in [0.1, 0.15) is 20.8 Å². The lowest BCUT2D eigenvalue weighted by Gasteiger charge is -2.26. The predicted molar refractivity (Wildman–Crippen MR) is 70.7 cm³/mol. The van der Waals surface area contributed by atoms with Crippen molar-refractivity contribution in [1.82, 2.24) is 15.1 Å². The van der Waals surface area contributed by atoms with Crippen LogP contribution < -0.4 is 5.32 Å². The Morgan fingerprint density at radius 2 is 1.74 bits per heavy atom. The van der Waals surface area contributed by atoms with Crippen LogP contribution in [0.4, 0.5) is 4.79 Å². The van der Waals surface area contributed by atoms with Crippen molar-refractivity contribution in [1.29, 1.82) is 0 Å². The molecule has 7 heteroatoms. The molecule has 2 atom stereocenters. The molecule has 0 aliphatic heterocycles.